The van der Waals surface area contributed by atoms with Crippen LogP contribution in [0.25, 0.3) is 0 Å². The maximum absolute atomic E-state index is 14.1. The van der Waals surface area contributed by atoms with Crippen LogP contribution in [0.4, 0.5) is 0 Å². The summed E-state index contributed by atoms with van der Waals surface area (Å²) >= 11 is 0. The molecule has 6 aliphatic rings. The van der Waals surface area contributed by atoms with Crippen LogP contribution in [-0.2, 0) is 14.3 Å². The normalized spacial score (nSPS) is 44.6. The molecule has 2 N–H and O–H groups in total. The Morgan fingerprint density at radius 2 is 1.79 bits per heavy atom. The molecule has 0 aromatic heterocycles. The Balaban J connectivity index is 1.49. The molecule has 0 aromatic carbocycles. The molecule has 212 valence electrons. The molecular formula is C33H50O5. The third-order valence-corrected chi connectivity index (χ3v) is 12.7. The SMILES string of the molecule is C=CC(CC(O)C12C[C@@H]3[C@H](C)CC[C@H]3C3(C4OCCO4)CC1C=C(C(C)C)C23C(=O)O)C1CCCCCC1. The largest absolute Gasteiger partial charge is 0.481 e. The molecule has 0 spiro atoms. The van der Waals surface area contributed by atoms with Gasteiger partial charge in [0, 0.05) is 10.8 Å². The zero-order valence-electron chi connectivity index (χ0n) is 23.9. The zero-order valence-corrected chi connectivity index (χ0v) is 23.9. The van der Waals surface area contributed by atoms with Gasteiger partial charge in [-0.1, -0.05) is 70.6 Å². The number of hydrogen-bond acceptors (Lipinski definition) is 4. The maximum atomic E-state index is 14.1. The number of carbonyl (C=O) groups is 1. The minimum atomic E-state index is -1.16. The summed E-state index contributed by atoms with van der Waals surface area (Å²) in [6.07, 6.45) is 15.0. The Kier molecular flexibility index (Phi) is 6.92. The van der Waals surface area contributed by atoms with E-state index in [0.717, 1.165) is 31.3 Å². The molecular weight excluding hydrogens is 476 g/mol. The predicted octanol–water partition coefficient (Wildman–Crippen LogP) is 6.61. The van der Waals surface area contributed by atoms with Crippen molar-refractivity contribution in [3.63, 3.8) is 0 Å². The van der Waals surface area contributed by atoms with Crippen molar-refractivity contribution in [1.29, 1.82) is 0 Å². The number of carboxylic acid groups (broad SMARTS) is 1. The van der Waals surface area contributed by atoms with Crippen LogP contribution < -0.4 is 0 Å². The zero-order chi connectivity index (χ0) is 26.9. The number of aliphatic hydroxyl groups excluding tert-OH is 1. The summed E-state index contributed by atoms with van der Waals surface area (Å²) in [5.41, 5.74) is -1.48. The fourth-order valence-electron chi connectivity index (χ4n) is 11.4. The first-order valence-electron chi connectivity index (χ1n) is 15.7. The number of aliphatic carboxylic acids is 1. The second kappa shape index (κ2) is 9.73. The Morgan fingerprint density at radius 3 is 2.39 bits per heavy atom. The van der Waals surface area contributed by atoms with Gasteiger partial charge in [-0.3, -0.25) is 4.79 Å². The Hall–Kier alpha value is -1.17. The smallest absolute Gasteiger partial charge is 0.315 e. The van der Waals surface area contributed by atoms with Crippen LogP contribution in [0.3, 0.4) is 0 Å². The van der Waals surface area contributed by atoms with Crippen LogP contribution >= 0.6 is 0 Å². The topological polar surface area (TPSA) is 76.0 Å². The molecule has 5 fully saturated rings. The van der Waals surface area contributed by atoms with Gasteiger partial charge in [0.15, 0.2) is 6.29 Å². The first-order chi connectivity index (χ1) is 18.3. The molecule has 6 rings (SSSR count). The standard InChI is InChI=1S/C33H50O5/c1-5-22(23-10-8-6-7-9-11-23)16-28(34)31-19-25-21(4)12-13-26(25)32(30-37-14-15-38-30)18-24(31)17-27(20(2)3)33(31,32)29(35)36/h5,17,20-26,28,30,34H,1,6-16,18-19H2,2-4H3,(H,35,36)/t21-,22?,24?,25-,26-,28?,31?,32?,33?/m1/s1. The first-order valence-corrected chi connectivity index (χ1v) is 15.7. The van der Waals surface area contributed by atoms with E-state index in [9.17, 15) is 15.0 Å². The van der Waals surface area contributed by atoms with Crippen LogP contribution in [0.5, 0.6) is 0 Å². The summed E-state index contributed by atoms with van der Waals surface area (Å²) in [5.74, 6) is 1.31. The summed E-state index contributed by atoms with van der Waals surface area (Å²) in [4.78, 5) is 14.1. The van der Waals surface area contributed by atoms with Crippen LogP contribution in [0.1, 0.15) is 91.4 Å². The molecule has 0 amide bonds. The summed E-state index contributed by atoms with van der Waals surface area (Å²) in [6, 6.07) is 0. The summed E-state index contributed by atoms with van der Waals surface area (Å²) in [5, 5.41) is 24.1. The third-order valence-electron chi connectivity index (χ3n) is 12.7. The molecule has 0 aromatic rings. The van der Waals surface area contributed by atoms with Gasteiger partial charge in [-0.25, -0.2) is 0 Å². The van der Waals surface area contributed by atoms with Gasteiger partial charge >= 0.3 is 5.97 Å². The van der Waals surface area contributed by atoms with E-state index in [4.69, 9.17) is 9.47 Å². The molecule has 5 heteroatoms. The molecule has 0 radical (unpaired) electrons. The molecule has 1 heterocycles. The van der Waals surface area contributed by atoms with E-state index in [2.05, 4.69) is 39.5 Å². The molecule has 5 nitrogen and oxygen atoms in total. The number of fused-ring (bicyclic) bond motifs is 2. The van der Waals surface area contributed by atoms with E-state index >= 15 is 0 Å². The highest BCUT2D eigenvalue weighted by Crippen LogP contribution is 2.85. The monoisotopic (exact) mass is 526 g/mol. The van der Waals surface area contributed by atoms with Crippen LogP contribution in [0.2, 0.25) is 0 Å². The summed E-state index contributed by atoms with van der Waals surface area (Å²) in [6.45, 7) is 11.9. The average Bonchev–Trinajstić information content (AvgIpc) is 3.60. The van der Waals surface area contributed by atoms with Gasteiger partial charge in [0.25, 0.3) is 0 Å². The highest BCUT2D eigenvalue weighted by molar-refractivity contribution is 5.85. The van der Waals surface area contributed by atoms with Crippen molar-refractivity contribution < 1.29 is 24.5 Å². The number of ether oxygens (including phenoxy) is 2. The van der Waals surface area contributed by atoms with Crippen molar-refractivity contribution in [3.8, 4) is 0 Å². The minimum absolute atomic E-state index is 0.0381. The molecule has 9 atom stereocenters. The van der Waals surface area contributed by atoms with Gasteiger partial charge in [0.2, 0.25) is 0 Å². The fraction of sp³-hybridized carbons (Fsp3) is 0.848. The number of carboxylic acids is 1. The lowest BCUT2D eigenvalue weighted by atomic mass is 9.40. The second-order valence-corrected chi connectivity index (χ2v) is 14.2. The van der Waals surface area contributed by atoms with E-state index in [0.29, 0.717) is 37.4 Å². The quantitative estimate of drug-likeness (QED) is 0.275. The van der Waals surface area contributed by atoms with Crippen LogP contribution in [0, 0.1) is 57.7 Å². The van der Waals surface area contributed by atoms with Gasteiger partial charge in [0.05, 0.1) is 19.3 Å². The number of allylic oxidation sites excluding steroid dienone is 2. The van der Waals surface area contributed by atoms with Gasteiger partial charge in [0.1, 0.15) is 5.41 Å². The molecule has 5 aliphatic carbocycles. The van der Waals surface area contributed by atoms with Crippen molar-refractivity contribution in [2.45, 2.75) is 104 Å². The highest BCUT2D eigenvalue weighted by atomic mass is 16.7. The lowest BCUT2D eigenvalue weighted by Gasteiger charge is -2.62. The van der Waals surface area contributed by atoms with Crippen molar-refractivity contribution in [2.24, 2.45) is 57.7 Å². The van der Waals surface area contributed by atoms with Crippen molar-refractivity contribution in [2.75, 3.05) is 13.2 Å². The van der Waals surface area contributed by atoms with E-state index in [1.54, 1.807) is 0 Å². The lowest BCUT2D eigenvalue weighted by Crippen LogP contribution is -2.68. The van der Waals surface area contributed by atoms with E-state index in [1.165, 1.54) is 38.5 Å². The predicted molar refractivity (Wildman–Crippen MR) is 147 cm³/mol. The number of aliphatic hydroxyl groups is 1. The van der Waals surface area contributed by atoms with Crippen molar-refractivity contribution in [3.05, 3.63) is 24.3 Å². The summed E-state index contributed by atoms with van der Waals surface area (Å²) in [7, 11) is 0. The van der Waals surface area contributed by atoms with Crippen molar-refractivity contribution in [1.82, 2.24) is 0 Å². The Morgan fingerprint density at radius 1 is 1.11 bits per heavy atom. The highest BCUT2D eigenvalue weighted by Gasteiger charge is 2.87. The van der Waals surface area contributed by atoms with Gasteiger partial charge < -0.3 is 19.7 Å². The number of rotatable bonds is 8. The molecule has 4 saturated carbocycles. The first kappa shape index (κ1) is 27.0. The fourth-order valence-corrected chi connectivity index (χ4v) is 11.4. The van der Waals surface area contributed by atoms with E-state index in [1.807, 2.05) is 0 Å². The molecule has 1 saturated heterocycles. The Bertz CT molecular complexity index is 958. The van der Waals surface area contributed by atoms with Gasteiger partial charge in [-0.2, -0.15) is 0 Å². The molecule has 38 heavy (non-hydrogen) atoms. The molecule has 1 aliphatic heterocycles. The average molecular weight is 527 g/mol. The summed E-state index contributed by atoms with van der Waals surface area (Å²) < 4.78 is 12.7. The maximum Gasteiger partial charge on any atom is 0.315 e. The van der Waals surface area contributed by atoms with Gasteiger partial charge in [-0.15, -0.1) is 6.58 Å². The minimum Gasteiger partial charge on any atom is -0.481 e. The third kappa shape index (κ3) is 3.30. The van der Waals surface area contributed by atoms with Crippen LogP contribution in [-0.4, -0.2) is 41.8 Å². The Labute approximate surface area is 229 Å². The van der Waals surface area contributed by atoms with Gasteiger partial charge in [-0.05, 0) is 80.0 Å². The van der Waals surface area contributed by atoms with E-state index < -0.39 is 34.6 Å². The second-order valence-electron chi connectivity index (χ2n) is 14.2. The molecule has 4 bridgehead atoms. The van der Waals surface area contributed by atoms with Crippen LogP contribution in [0.15, 0.2) is 24.3 Å². The lowest BCUT2D eigenvalue weighted by molar-refractivity contribution is -0.251. The number of hydrogen-bond donors (Lipinski definition) is 2. The van der Waals surface area contributed by atoms with E-state index in [-0.39, 0.29) is 23.7 Å². The molecule has 6 unspecified atom stereocenters. The van der Waals surface area contributed by atoms with Crippen molar-refractivity contribution >= 4 is 5.97 Å².